The van der Waals surface area contributed by atoms with E-state index in [0.29, 0.717) is 12.1 Å². The maximum atomic E-state index is 12.3. The van der Waals surface area contributed by atoms with Crippen molar-refractivity contribution in [3.63, 3.8) is 0 Å². The second kappa shape index (κ2) is 6.70. The van der Waals surface area contributed by atoms with Crippen LogP contribution >= 0.6 is 0 Å². The van der Waals surface area contributed by atoms with E-state index in [0.717, 1.165) is 27.9 Å². The molecule has 0 fully saturated rings. The summed E-state index contributed by atoms with van der Waals surface area (Å²) in [4.78, 5) is 16.7. The number of aryl methyl sites for hydroxylation is 2. The summed E-state index contributed by atoms with van der Waals surface area (Å²) in [6.45, 7) is 5.91. The Labute approximate surface area is 140 Å². The van der Waals surface area contributed by atoms with Gasteiger partial charge in [0, 0.05) is 29.7 Å². The Hall–Kier alpha value is -2.89. The Morgan fingerprint density at radius 3 is 2.88 bits per heavy atom. The molecule has 2 aromatic heterocycles. The Morgan fingerprint density at radius 2 is 2.12 bits per heavy atom. The van der Waals surface area contributed by atoms with Crippen LogP contribution < -0.4 is 10.6 Å². The molecule has 1 aromatic carbocycles. The van der Waals surface area contributed by atoms with Gasteiger partial charge in [-0.25, -0.2) is 4.79 Å². The van der Waals surface area contributed by atoms with Crippen LogP contribution in [0.15, 0.2) is 36.5 Å². The average molecular weight is 323 g/mol. The SMILES string of the molecule is Cc1cc(NC(=O)N[C@H](C)Cc2cc(C)[nH]n2)c2ncccc2c1. The van der Waals surface area contributed by atoms with Gasteiger partial charge >= 0.3 is 6.03 Å². The van der Waals surface area contributed by atoms with Crippen LogP contribution in [0.3, 0.4) is 0 Å². The number of nitrogens with zero attached hydrogens (tertiary/aromatic N) is 2. The molecule has 3 rings (SSSR count). The summed E-state index contributed by atoms with van der Waals surface area (Å²) in [5.74, 6) is 0. The van der Waals surface area contributed by atoms with E-state index in [1.807, 2.05) is 51.1 Å². The molecule has 3 aromatic rings. The lowest BCUT2D eigenvalue weighted by atomic mass is 10.1. The van der Waals surface area contributed by atoms with Crippen molar-refractivity contribution in [2.75, 3.05) is 5.32 Å². The molecule has 3 N–H and O–H groups in total. The zero-order chi connectivity index (χ0) is 17.1. The number of rotatable bonds is 4. The van der Waals surface area contributed by atoms with Gasteiger partial charge in [-0.1, -0.05) is 6.07 Å². The van der Waals surface area contributed by atoms with Crippen molar-refractivity contribution in [2.45, 2.75) is 33.2 Å². The minimum Gasteiger partial charge on any atom is -0.335 e. The molecule has 6 heteroatoms. The fourth-order valence-corrected chi connectivity index (χ4v) is 2.76. The van der Waals surface area contributed by atoms with Crippen LogP contribution in [-0.4, -0.2) is 27.3 Å². The molecular weight excluding hydrogens is 302 g/mol. The molecular formula is C18H21N5O. The molecule has 0 aliphatic carbocycles. The minimum absolute atomic E-state index is 0.0308. The number of urea groups is 1. The highest BCUT2D eigenvalue weighted by Gasteiger charge is 2.12. The van der Waals surface area contributed by atoms with E-state index in [4.69, 9.17) is 0 Å². The molecule has 2 amide bonds. The number of hydrogen-bond acceptors (Lipinski definition) is 3. The molecule has 6 nitrogen and oxygen atoms in total. The summed E-state index contributed by atoms with van der Waals surface area (Å²) in [5.41, 5.74) is 4.52. The van der Waals surface area contributed by atoms with E-state index in [9.17, 15) is 4.79 Å². The second-order valence-electron chi connectivity index (χ2n) is 6.13. The molecule has 2 heterocycles. The van der Waals surface area contributed by atoms with E-state index >= 15 is 0 Å². The number of carbonyl (C=O) groups excluding carboxylic acids is 1. The number of anilines is 1. The van der Waals surface area contributed by atoms with Crippen molar-refractivity contribution in [1.82, 2.24) is 20.5 Å². The molecule has 1 atom stereocenters. The van der Waals surface area contributed by atoms with E-state index in [1.54, 1.807) is 6.20 Å². The Kier molecular flexibility index (Phi) is 4.46. The number of pyridine rings is 1. The number of aromatic amines is 1. The van der Waals surface area contributed by atoms with Crippen molar-refractivity contribution in [2.24, 2.45) is 0 Å². The zero-order valence-corrected chi connectivity index (χ0v) is 14.1. The monoisotopic (exact) mass is 323 g/mol. The highest BCUT2D eigenvalue weighted by molar-refractivity contribution is 6.00. The Bertz CT molecular complexity index is 871. The molecule has 0 saturated carbocycles. The smallest absolute Gasteiger partial charge is 0.319 e. The predicted molar refractivity (Wildman–Crippen MR) is 95.1 cm³/mol. The largest absolute Gasteiger partial charge is 0.335 e. The number of fused-ring (bicyclic) bond motifs is 1. The first-order valence-electron chi connectivity index (χ1n) is 7.95. The summed E-state index contributed by atoms with van der Waals surface area (Å²) < 4.78 is 0. The fraction of sp³-hybridized carbons (Fsp3) is 0.278. The van der Waals surface area contributed by atoms with Crippen LogP contribution in [0.4, 0.5) is 10.5 Å². The molecule has 0 unspecified atom stereocenters. The lowest BCUT2D eigenvalue weighted by molar-refractivity contribution is 0.249. The third-order valence-corrected chi connectivity index (χ3v) is 3.75. The van der Waals surface area contributed by atoms with E-state index in [2.05, 4.69) is 25.8 Å². The van der Waals surface area contributed by atoms with Crippen LogP contribution in [0.5, 0.6) is 0 Å². The number of benzene rings is 1. The van der Waals surface area contributed by atoms with Gasteiger partial charge in [-0.15, -0.1) is 0 Å². The quantitative estimate of drug-likeness (QED) is 0.689. The van der Waals surface area contributed by atoms with Gasteiger partial charge in [0.1, 0.15) is 0 Å². The summed E-state index contributed by atoms with van der Waals surface area (Å²) in [7, 11) is 0. The number of hydrogen-bond donors (Lipinski definition) is 3. The number of H-pyrrole nitrogens is 1. The van der Waals surface area contributed by atoms with Crippen LogP contribution in [0, 0.1) is 13.8 Å². The fourth-order valence-electron chi connectivity index (χ4n) is 2.76. The molecule has 0 bridgehead atoms. The molecule has 124 valence electrons. The first-order chi connectivity index (χ1) is 11.5. The van der Waals surface area contributed by atoms with Crippen LogP contribution in [0.25, 0.3) is 10.9 Å². The molecule has 0 radical (unpaired) electrons. The van der Waals surface area contributed by atoms with Gasteiger partial charge in [0.05, 0.1) is 16.9 Å². The van der Waals surface area contributed by atoms with Gasteiger partial charge in [-0.2, -0.15) is 5.10 Å². The lowest BCUT2D eigenvalue weighted by Crippen LogP contribution is -2.37. The second-order valence-corrected chi connectivity index (χ2v) is 6.13. The first kappa shape index (κ1) is 16.0. The van der Waals surface area contributed by atoms with E-state index < -0.39 is 0 Å². The molecule has 0 aliphatic heterocycles. The summed E-state index contributed by atoms with van der Waals surface area (Å²) >= 11 is 0. The highest BCUT2D eigenvalue weighted by atomic mass is 16.2. The standard InChI is InChI=1S/C18H21N5O/c1-11-7-14-5-4-6-19-17(14)16(8-11)21-18(24)20-12(2)9-15-10-13(3)22-23-15/h4-8,10,12H,9H2,1-3H3,(H,22,23)(H2,20,21,24)/t12-/m1/s1. The molecule has 0 spiro atoms. The first-order valence-corrected chi connectivity index (χ1v) is 7.95. The van der Waals surface area contributed by atoms with Gasteiger partial charge in [-0.05, 0) is 50.6 Å². The number of carbonyl (C=O) groups is 1. The van der Waals surface area contributed by atoms with Crippen molar-refractivity contribution in [1.29, 1.82) is 0 Å². The number of amides is 2. The lowest BCUT2D eigenvalue weighted by Gasteiger charge is -2.15. The summed E-state index contributed by atoms with van der Waals surface area (Å²) in [5, 5.41) is 14.0. The summed E-state index contributed by atoms with van der Waals surface area (Å²) in [6, 6.07) is 9.56. The van der Waals surface area contributed by atoms with Gasteiger partial charge in [0.25, 0.3) is 0 Å². The van der Waals surface area contributed by atoms with Crippen LogP contribution in [0.2, 0.25) is 0 Å². The zero-order valence-electron chi connectivity index (χ0n) is 14.1. The average Bonchev–Trinajstić information content (AvgIpc) is 2.91. The van der Waals surface area contributed by atoms with E-state index in [1.165, 1.54) is 0 Å². The number of aromatic nitrogens is 3. The maximum Gasteiger partial charge on any atom is 0.319 e. The van der Waals surface area contributed by atoms with E-state index in [-0.39, 0.29) is 12.1 Å². The van der Waals surface area contributed by atoms with Crippen LogP contribution in [-0.2, 0) is 6.42 Å². The van der Waals surface area contributed by atoms with Crippen molar-refractivity contribution in [3.8, 4) is 0 Å². The van der Waals surface area contributed by atoms with Crippen molar-refractivity contribution in [3.05, 3.63) is 53.5 Å². The van der Waals surface area contributed by atoms with Crippen molar-refractivity contribution < 1.29 is 4.79 Å². The number of nitrogens with one attached hydrogen (secondary N) is 3. The third kappa shape index (κ3) is 3.71. The Balaban J connectivity index is 1.68. The predicted octanol–water partition coefficient (Wildman–Crippen LogP) is 3.33. The van der Waals surface area contributed by atoms with Gasteiger partial charge < -0.3 is 10.6 Å². The topological polar surface area (TPSA) is 82.7 Å². The molecule has 0 saturated heterocycles. The van der Waals surface area contributed by atoms with Gasteiger partial charge in [0.15, 0.2) is 0 Å². The molecule has 0 aliphatic rings. The Morgan fingerprint density at radius 1 is 1.29 bits per heavy atom. The maximum absolute atomic E-state index is 12.3. The van der Waals surface area contributed by atoms with Crippen LogP contribution in [0.1, 0.15) is 23.9 Å². The highest BCUT2D eigenvalue weighted by Crippen LogP contribution is 2.23. The summed E-state index contributed by atoms with van der Waals surface area (Å²) in [6.07, 6.45) is 2.40. The van der Waals surface area contributed by atoms with Gasteiger partial charge in [-0.3, -0.25) is 10.1 Å². The third-order valence-electron chi connectivity index (χ3n) is 3.75. The van der Waals surface area contributed by atoms with Crippen molar-refractivity contribution >= 4 is 22.6 Å². The minimum atomic E-state index is -0.243. The normalized spacial score (nSPS) is 12.1. The van der Waals surface area contributed by atoms with Gasteiger partial charge in [0.2, 0.25) is 0 Å². The molecule has 24 heavy (non-hydrogen) atoms.